The number of hydrazine groups is 2. The minimum atomic E-state index is -1.19. The summed E-state index contributed by atoms with van der Waals surface area (Å²) in [6.07, 6.45) is 3.83. The molecule has 1 aliphatic rings. The highest BCUT2D eigenvalue weighted by molar-refractivity contribution is 5.64. The zero-order valence-corrected chi connectivity index (χ0v) is 19.3. The van der Waals surface area contributed by atoms with Gasteiger partial charge in [0.1, 0.15) is 12.1 Å². The van der Waals surface area contributed by atoms with Gasteiger partial charge in [0.25, 0.3) is 0 Å². The van der Waals surface area contributed by atoms with E-state index in [1.165, 1.54) is 11.2 Å². The van der Waals surface area contributed by atoms with Crippen LogP contribution in [0.1, 0.15) is 22.4 Å². The smallest absolute Gasteiger partial charge is 0.225 e. The van der Waals surface area contributed by atoms with Crippen LogP contribution >= 0.6 is 0 Å². The van der Waals surface area contributed by atoms with Crippen molar-refractivity contribution in [2.75, 3.05) is 14.1 Å². The minimum Gasteiger partial charge on any atom is -0.432 e. The second-order valence-corrected chi connectivity index (χ2v) is 8.04. The molecule has 0 saturated carbocycles. The molecule has 0 fully saturated rings. The normalized spacial score (nSPS) is 13.1. The molecular weight excluding hydrogens is 461 g/mol. The van der Waals surface area contributed by atoms with Crippen molar-refractivity contribution in [2.24, 2.45) is 0 Å². The van der Waals surface area contributed by atoms with Crippen LogP contribution in [0.15, 0.2) is 48.9 Å². The second-order valence-electron chi connectivity index (χ2n) is 8.04. The Labute approximate surface area is 200 Å². The van der Waals surface area contributed by atoms with Crippen LogP contribution in [-0.4, -0.2) is 45.4 Å². The molecule has 0 atom stereocenters. The molecule has 182 valence electrons. The molecule has 2 heterocycles. The predicted molar refractivity (Wildman–Crippen MR) is 122 cm³/mol. The van der Waals surface area contributed by atoms with Crippen molar-refractivity contribution in [3.63, 3.8) is 0 Å². The monoisotopic (exact) mass is 484 g/mol. The second kappa shape index (κ2) is 10.0. The number of benzene rings is 2. The zero-order chi connectivity index (χ0) is 25.1. The van der Waals surface area contributed by atoms with E-state index >= 15 is 0 Å². The van der Waals surface area contributed by atoms with Gasteiger partial charge in [-0.1, -0.05) is 24.3 Å². The van der Waals surface area contributed by atoms with Crippen molar-refractivity contribution in [1.29, 1.82) is 0 Å². The van der Waals surface area contributed by atoms with Crippen LogP contribution in [0.25, 0.3) is 5.70 Å². The quantitative estimate of drug-likeness (QED) is 0.488. The number of rotatable bonds is 8. The number of hydrogen-bond acceptors (Lipinski definition) is 7. The number of aromatic nitrogens is 2. The topological polar surface area (TPSA) is 73.8 Å². The van der Waals surface area contributed by atoms with Gasteiger partial charge in [0.2, 0.25) is 18.0 Å². The van der Waals surface area contributed by atoms with Crippen molar-refractivity contribution in [1.82, 2.24) is 30.4 Å². The van der Waals surface area contributed by atoms with Crippen LogP contribution in [0, 0.1) is 24.4 Å². The van der Waals surface area contributed by atoms with E-state index in [0.29, 0.717) is 36.3 Å². The highest BCUT2D eigenvalue weighted by atomic mass is 19.1. The molecule has 0 spiro atoms. The summed E-state index contributed by atoms with van der Waals surface area (Å²) in [7, 11) is 3.82. The molecule has 4 rings (SSSR count). The Morgan fingerprint density at radius 3 is 2.34 bits per heavy atom. The van der Waals surface area contributed by atoms with Gasteiger partial charge in [-0.2, -0.15) is 0 Å². The van der Waals surface area contributed by atoms with Gasteiger partial charge in [-0.25, -0.2) is 23.1 Å². The fraction of sp³-hybridized carbons (Fsp3) is 0.208. The summed E-state index contributed by atoms with van der Waals surface area (Å²) in [5, 5.41) is 3.74. The first-order valence-corrected chi connectivity index (χ1v) is 10.6. The third-order valence-corrected chi connectivity index (χ3v) is 5.43. The van der Waals surface area contributed by atoms with Gasteiger partial charge in [-0.15, -0.1) is 5.53 Å². The van der Waals surface area contributed by atoms with Gasteiger partial charge in [0.05, 0.1) is 17.9 Å². The first-order valence-electron chi connectivity index (χ1n) is 10.6. The summed E-state index contributed by atoms with van der Waals surface area (Å²) < 4.78 is 46.4. The van der Waals surface area contributed by atoms with Gasteiger partial charge >= 0.3 is 0 Å². The number of carbonyl (C=O) groups is 1. The van der Waals surface area contributed by atoms with E-state index in [0.717, 1.165) is 16.8 Å². The van der Waals surface area contributed by atoms with Crippen molar-refractivity contribution in [3.8, 4) is 11.6 Å². The number of nitrogens with zero attached hydrogens (tertiary/aromatic N) is 5. The lowest BCUT2D eigenvalue weighted by molar-refractivity contribution is -0.119. The molecule has 1 N–H and O–H groups in total. The van der Waals surface area contributed by atoms with E-state index in [-0.39, 0.29) is 12.4 Å². The highest BCUT2D eigenvalue weighted by Gasteiger charge is 2.19. The summed E-state index contributed by atoms with van der Waals surface area (Å²) in [5.74, 6) is -4.31. The molecule has 0 saturated heterocycles. The van der Waals surface area contributed by atoms with E-state index in [9.17, 15) is 18.0 Å². The standard InChI is InChI=1S/C24H23F3N6O2/c1-15-21(28-13-29-24(15)35-23-19(26)8-18(25)9-20(23)27)11-33(14-34)10-16-4-6-17(7-5-16)22-12-31(2)30-32(22)3/h4-9,12-14,30H,10-11H2,1-3H3. The number of hydrogen-bond donors (Lipinski definition) is 1. The Morgan fingerprint density at radius 2 is 1.74 bits per heavy atom. The lowest BCUT2D eigenvalue weighted by atomic mass is 10.1. The van der Waals surface area contributed by atoms with E-state index in [2.05, 4.69) is 15.5 Å². The van der Waals surface area contributed by atoms with Crippen LogP contribution in [-0.2, 0) is 17.9 Å². The van der Waals surface area contributed by atoms with Crippen molar-refractivity contribution >= 4 is 12.1 Å². The summed E-state index contributed by atoms with van der Waals surface area (Å²) >= 11 is 0. The first-order chi connectivity index (χ1) is 16.7. The molecule has 1 amide bonds. The van der Waals surface area contributed by atoms with Crippen molar-refractivity contribution in [3.05, 3.63) is 88.8 Å². The first kappa shape index (κ1) is 24.0. The molecule has 1 aromatic heterocycles. The van der Waals surface area contributed by atoms with Gasteiger partial charge in [0.15, 0.2) is 11.6 Å². The zero-order valence-electron chi connectivity index (χ0n) is 19.3. The molecule has 11 heteroatoms. The molecule has 0 unspecified atom stereocenters. The molecule has 2 aromatic carbocycles. The molecular formula is C24H23F3N6O2. The maximum absolute atomic E-state index is 14.0. The number of ether oxygens (including phenoxy) is 1. The van der Waals surface area contributed by atoms with E-state index in [1.54, 1.807) is 6.92 Å². The highest BCUT2D eigenvalue weighted by Crippen LogP contribution is 2.30. The molecule has 1 aliphatic heterocycles. The minimum absolute atomic E-state index is 0.0952. The largest absolute Gasteiger partial charge is 0.432 e. The summed E-state index contributed by atoms with van der Waals surface area (Å²) in [6, 6.07) is 8.83. The molecule has 0 aliphatic carbocycles. The predicted octanol–water partition coefficient (Wildman–Crippen LogP) is 3.75. The molecule has 3 aromatic rings. The Balaban J connectivity index is 1.48. The Kier molecular flexibility index (Phi) is 6.87. The molecule has 0 radical (unpaired) electrons. The van der Waals surface area contributed by atoms with Crippen LogP contribution in [0.5, 0.6) is 11.6 Å². The average molecular weight is 484 g/mol. The fourth-order valence-electron chi connectivity index (χ4n) is 3.65. The number of halogens is 3. The van der Waals surface area contributed by atoms with Gasteiger partial charge < -0.3 is 9.64 Å². The van der Waals surface area contributed by atoms with Gasteiger partial charge in [-0.3, -0.25) is 14.8 Å². The maximum Gasteiger partial charge on any atom is 0.225 e. The lowest BCUT2D eigenvalue weighted by Crippen LogP contribution is -2.35. The summed E-state index contributed by atoms with van der Waals surface area (Å²) in [4.78, 5) is 21.4. The lowest BCUT2D eigenvalue weighted by Gasteiger charge is -2.20. The molecule has 8 nitrogen and oxygen atoms in total. The van der Waals surface area contributed by atoms with Crippen molar-refractivity contribution in [2.45, 2.75) is 20.0 Å². The van der Waals surface area contributed by atoms with E-state index < -0.39 is 23.2 Å². The summed E-state index contributed by atoms with van der Waals surface area (Å²) in [6.45, 7) is 2.04. The van der Waals surface area contributed by atoms with Crippen LogP contribution in [0.4, 0.5) is 13.2 Å². The van der Waals surface area contributed by atoms with Crippen LogP contribution in [0.3, 0.4) is 0 Å². The van der Waals surface area contributed by atoms with Gasteiger partial charge in [0, 0.05) is 50.1 Å². The number of amides is 1. The third kappa shape index (κ3) is 5.35. The van der Waals surface area contributed by atoms with Crippen LogP contribution in [0.2, 0.25) is 0 Å². The van der Waals surface area contributed by atoms with Crippen molar-refractivity contribution < 1.29 is 22.7 Å². The fourth-order valence-corrected chi connectivity index (χ4v) is 3.65. The van der Waals surface area contributed by atoms with Crippen LogP contribution < -0.4 is 10.3 Å². The molecule has 0 bridgehead atoms. The van der Waals surface area contributed by atoms with Gasteiger partial charge in [-0.05, 0) is 12.5 Å². The molecule has 35 heavy (non-hydrogen) atoms. The Bertz CT molecular complexity index is 1250. The third-order valence-electron chi connectivity index (χ3n) is 5.43. The SMILES string of the molecule is Cc1c(CN(C=O)Cc2ccc(C3=CN(C)NN3C)cc2)ncnc1Oc1c(F)cc(F)cc1F. The van der Waals surface area contributed by atoms with E-state index in [4.69, 9.17) is 4.74 Å². The number of nitrogens with one attached hydrogen (secondary N) is 1. The number of carbonyl (C=O) groups excluding carboxylic acids is 1. The Morgan fingerprint density at radius 1 is 1.06 bits per heavy atom. The van der Waals surface area contributed by atoms with E-state index in [1.807, 2.05) is 54.6 Å². The Hall–Kier alpha value is -4.12. The summed E-state index contributed by atoms with van der Waals surface area (Å²) in [5.41, 5.74) is 6.88. The average Bonchev–Trinajstić information content (AvgIpc) is 3.16. The maximum atomic E-state index is 14.0.